The minimum atomic E-state index is 0.0703. The molecule has 0 unspecified atom stereocenters. The fourth-order valence-corrected chi connectivity index (χ4v) is 5.24. The van der Waals surface area contributed by atoms with Crippen molar-refractivity contribution in [3.63, 3.8) is 0 Å². The first kappa shape index (κ1) is 22.3. The summed E-state index contributed by atoms with van der Waals surface area (Å²) in [6.45, 7) is 0. The highest BCUT2D eigenvalue weighted by Crippen LogP contribution is 2.33. The van der Waals surface area contributed by atoms with Gasteiger partial charge < -0.3 is 10.3 Å². The van der Waals surface area contributed by atoms with Gasteiger partial charge in [0.25, 0.3) is 0 Å². The molecule has 0 bridgehead atoms. The number of aromatic amines is 2. The fourth-order valence-electron chi connectivity index (χ4n) is 5.24. The largest absolute Gasteiger partial charge is 0.353 e. The predicted molar refractivity (Wildman–Crippen MR) is 146 cm³/mol. The lowest BCUT2D eigenvalue weighted by atomic mass is 10.1. The van der Waals surface area contributed by atoms with Crippen molar-refractivity contribution in [2.75, 3.05) is 5.32 Å². The highest BCUT2D eigenvalue weighted by atomic mass is 16.1. The van der Waals surface area contributed by atoms with Crippen LogP contribution < -0.4 is 5.32 Å². The van der Waals surface area contributed by atoms with Crippen molar-refractivity contribution < 1.29 is 4.79 Å². The standard InChI is InChI=1S/C29H24N8O/c38-29(17-4-1-2-5-17)33-20-12-19(15-31-16-20)22-7-8-24-27(35-22)28(37-36-24)25-13-21-23(34-25)9-11-32-26(21)18-6-3-10-30-14-18/h3,6-17,34H,1-2,4-5H2,(H,33,38)(H,36,37). The Morgan fingerprint density at radius 1 is 0.895 bits per heavy atom. The van der Waals surface area contributed by atoms with Crippen LogP contribution in [0.2, 0.25) is 0 Å². The number of fused-ring (bicyclic) bond motifs is 2. The van der Waals surface area contributed by atoms with E-state index in [1.165, 1.54) is 0 Å². The van der Waals surface area contributed by atoms with E-state index in [1.807, 2.05) is 42.6 Å². The van der Waals surface area contributed by atoms with E-state index in [0.717, 1.165) is 75.8 Å². The zero-order chi connectivity index (χ0) is 25.5. The number of amides is 1. The van der Waals surface area contributed by atoms with Crippen LogP contribution in [-0.2, 0) is 4.79 Å². The third kappa shape index (κ3) is 3.98. The van der Waals surface area contributed by atoms with E-state index < -0.39 is 0 Å². The lowest BCUT2D eigenvalue weighted by molar-refractivity contribution is -0.119. The number of rotatable bonds is 5. The molecule has 0 saturated heterocycles. The Hall–Kier alpha value is -4.92. The Balaban J connectivity index is 1.25. The van der Waals surface area contributed by atoms with Crippen LogP contribution in [0.15, 0.2) is 73.4 Å². The third-order valence-corrected chi connectivity index (χ3v) is 7.17. The van der Waals surface area contributed by atoms with Gasteiger partial charge in [-0.15, -0.1) is 0 Å². The summed E-state index contributed by atoms with van der Waals surface area (Å²) in [6, 6.07) is 13.7. The van der Waals surface area contributed by atoms with Gasteiger partial charge in [0, 0.05) is 52.7 Å². The quantitative estimate of drug-likeness (QED) is 0.277. The smallest absolute Gasteiger partial charge is 0.227 e. The zero-order valence-corrected chi connectivity index (χ0v) is 20.5. The number of hydrogen-bond acceptors (Lipinski definition) is 6. The number of aromatic nitrogens is 7. The number of anilines is 1. The van der Waals surface area contributed by atoms with Crippen molar-refractivity contribution in [1.29, 1.82) is 0 Å². The van der Waals surface area contributed by atoms with Gasteiger partial charge in [0.2, 0.25) is 5.91 Å². The molecule has 1 aliphatic carbocycles. The molecule has 6 heterocycles. The third-order valence-electron chi connectivity index (χ3n) is 7.17. The highest BCUT2D eigenvalue weighted by Gasteiger charge is 2.23. The lowest BCUT2D eigenvalue weighted by Gasteiger charge is -2.11. The molecule has 1 saturated carbocycles. The zero-order valence-electron chi connectivity index (χ0n) is 20.5. The number of carbonyl (C=O) groups excluding carboxylic acids is 1. The van der Waals surface area contributed by atoms with Gasteiger partial charge in [-0.05, 0) is 55.3 Å². The van der Waals surface area contributed by atoms with Crippen LogP contribution in [0.25, 0.3) is 55.8 Å². The molecular weight excluding hydrogens is 476 g/mol. The number of pyridine rings is 4. The normalized spacial score (nSPS) is 13.9. The number of H-pyrrole nitrogens is 2. The molecule has 3 N–H and O–H groups in total. The summed E-state index contributed by atoms with van der Waals surface area (Å²) in [5.74, 6) is 0.160. The number of hydrogen-bond donors (Lipinski definition) is 3. The van der Waals surface area contributed by atoms with Crippen LogP contribution in [0.3, 0.4) is 0 Å². The van der Waals surface area contributed by atoms with Gasteiger partial charge in [0.1, 0.15) is 11.2 Å². The number of nitrogens with zero attached hydrogens (tertiary/aromatic N) is 5. The molecule has 0 radical (unpaired) electrons. The second kappa shape index (κ2) is 9.19. The molecule has 0 aliphatic heterocycles. The summed E-state index contributed by atoms with van der Waals surface area (Å²) < 4.78 is 0. The van der Waals surface area contributed by atoms with Crippen molar-refractivity contribution >= 4 is 33.5 Å². The number of nitrogens with one attached hydrogen (secondary N) is 3. The van der Waals surface area contributed by atoms with Crippen LogP contribution in [0.1, 0.15) is 25.7 Å². The summed E-state index contributed by atoms with van der Waals surface area (Å²) in [5.41, 5.74) is 8.13. The Morgan fingerprint density at radius 3 is 2.66 bits per heavy atom. The van der Waals surface area contributed by atoms with Crippen molar-refractivity contribution in [1.82, 2.24) is 35.1 Å². The first-order valence-corrected chi connectivity index (χ1v) is 12.7. The first-order chi connectivity index (χ1) is 18.7. The molecule has 1 amide bonds. The molecule has 9 nitrogen and oxygen atoms in total. The minimum absolute atomic E-state index is 0.0703. The molecule has 186 valence electrons. The Morgan fingerprint density at radius 2 is 1.79 bits per heavy atom. The van der Waals surface area contributed by atoms with E-state index in [9.17, 15) is 4.79 Å². The summed E-state index contributed by atoms with van der Waals surface area (Å²) >= 11 is 0. The molecule has 0 atom stereocenters. The minimum Gasteiger partial charge on any atom is -0.353 e. The van der Waals surface area contributed by atoms with Gasteiger partial charge in [-0.2, -0.15) is 5.10 Å². The SMILES string of the molecule is O=C(Nc1cncc(-c2ccc3[nH]nc(-c4cc5c(-c6cccnc6)nccc5[nH]4)c3n2)c1)C1CCCC1. The van der Waals surface area contributed by atoms with Gasteiger partial charge in [-0.1, -0.05) is 12.8 Å². The highest BCUT2D eigenvalue weighted by molar-refractivity contribution is 5.99. The van der Waals surface area contributed by atoms with Crippen molar-refractivity contribution in [2.24, 2.45) is 5.92 Å². The molecule has 6 aromatic rings. The molecule has 1 fully saturated rings. The topological polar surface area (TPSA) is 125 Å². The second-order valence-corrected chi connectivity index (χ2v) is 9.64. The van der Waals surface area contributed by atoms with Gasteiger partial charge in [-0.25, -0.2) is 4.98 Å². The molecule has 1 aliphatic rings. The summed E-state index contributed by atoms with van der Waals surface area (Å²) in [6.07, 6.45) is 12.9. The molecular formula is C29H24N8O. The average Bonchev–Trinajstić information content (AvgIpc) is 3.73. The fraction of sp³-hybridized carbons (Fsp3) is 0.172. The van der Waals surface area contributed by atoms with E-state index in [2.05, 4.69) is 41.5 Å². The van der Waals surface area contributed by atoms with Crippen molar-refractivity contribution in [2.45, 2.75) is 25.7 Å². The van der Waals surface area contributed by atoms with Crippen LogP contribution in [0.5, 0.6) is 0 Å². The van der Waals surface area contributed by atoms with Gasteiger partial charge in [-0.3, -0.25) is 24.8 Å². The Labute approximate surface area is 217 Å². The first-order valence-electron chi connectivity index (χ1n) is 12.7. The van der Waals surface area contributed by atoms with Crippen LogP contribution >= 0.6 is 0 Å². The van der Waals surface area contributed by atoms with E-state index in [1.54, 1.807) is 24.8 Å². The Kier molecular flexibility index (Phi) is 5.39. The van der Waals surface area contributed by atoms with E-state index in [0.29, 0.717) is 11.4 Å². The van der Waals surface area contributed by atoms with Crippen LogP contribution in [0.4, 0.5) is 5.69 Å². The lowest BCUT2D eigenvalue weighted by Crippen LogP contribution is -2.20. The maximum atomic E-state index is 12.6. The molecule has 38 heavy (non-hydrogen) atoms. The second-order valence-electron chi connectivity index (χ2n) is 9.64. The maximum absolute atomic E-state index is 12.6. The molecule has 0 spiro atoms. The summed E-state index contributed by atoms with van der Waals surface area (Å²) in [5, 5.41) is 11.7. The molecule has 0 aromatic carbocycles. The monoisotopic (exact) mass is 500 g/mol. The van der Waals surface area contributed by atoms with Crippen LogP contribution in [-0.4, -0.2) is 41.0 Å². The van der Waals surface area contributed by atoms with Crippen molar-refractivity contribution in [3.8, 4) is 33.9 Å². The Bertz CT molecular complexity index is 1780. The average molecular weight is 501 g/mol. The summed E-state index contributed by atoms with van der Waals surface area (Å²) in [4.78, 5) is 34.2. The molecule has 9 heteroatoms. The predicted octanol–water partition coefficient (Wildman–Crippen LogP) is 5.75. The van der Waals surface area contributed by atoms with E-state index in [-0.39, 0.29) is 11.8 Å². The van der Waals surface area contributed by atoms with Gasteiger partial charge >= 0.3 is 0 Å². The van der Waals surface area contributed by atoms with Crippen LogP contribution in [0, 0.1) is 5.92 Å². The van der Waals surface area contributed by atoms with Crippen molar-refractivity contribution in [3.05, 3.63) is 73.4 Å². The van der Waals surface area contributed by atoms with Gasteiger partial charge in [0.05, 0.1) is 34.5 Å². The van der Waals surface area contributed by atoms with E-state index >= 15 is 0 Å². The number of carbonyl (C=O) groups is 1. The molecule has 6 aromatic heterocycles. The molecule has 7 rings (SSSR count). The van der Waals surface area contributed by atoms with E-state index in [4.69, 9.17) is 4.98 Å². The van der Waals surface area contributed by atoms with Gasteiger partial charge in [0.15, 0.2) is 0 Å². The summed E-state index contributed by atoms with van der Waals surface area (Å²) in [7, 11) is 0. The maximum Gasteiger partial charge on any atom is 0.227 e.